The van der Waals surface area contributed by atoms with E-state index in [9.17, 15) is 104 Å². The number of esters is 1. The third-order valence-corrected chi connectivity index (χ3v) is 24.5. The van der Waals surface area contributed by atoms with Crippen molar-refractivity contribution in [3.05, 3.63) is 117 Å². The summed E-state index contributed by atoms with van der Waals surface area (Å²) in [4.78, 5) is 171. The third kappa shape index (κ3) is 20.5. The number of primary amides is 1. The number of nitrogens with two attached hydrogens (primary N) is 2. The predicted molar refractivity (Wildman–Crippen MR) is 405 cm³/mol. The molecule has 47 heteroatoms. The Morgan fingerprint density at radius 3 is 1.89 bits per heavy atom. The number of hydrogen-bond donors (Lipinski definition) is 24. The molecule has 18 atom stereocenters. The highest BCUT2D eigenvalue weighted by Crippen LogP contribution is 2.69. The van der Waals surface area contributed by atoms with E-state index in [1.807, 2.05) is 5.32 Å². The van der Waals surface area contributed by atoms with E-state index in [0.29, 0.717) is 6.07 Å². The molecule has 0 spiro atoms. The molecule has 0 saturated carbocycles. The summed E-state index contributed by atoms with van der Waals surface area (Å²) in [5.41, 5.74) is 7.25. The number of phenolic OH excluding ortho intramolecular Hbond substituents is 3. The Bertz CT molecular complexity index is 4810. The zero-order valence-corrected chi connectivity index (χ0v) is 66.7. The van der Waals surface area contributed by atoms with Crippen LogP contribution in [-0.4, -0.2) is 235 Å². The summed E-state index contributed by atoms with van der Waals surface area (Å²) in [5.74, 6) is -17.1. The van der Waals surface area contributed by atoms with E-state index in [-0.39, 0.29) is 24.3 Å². The highest BCUT2D eigenvalue weighted by molar-refractivity contribution is 7.72. The summed E-state index contributed by atoms with van der Waals surface area (Å²) >= 11 is 14.2. The van der Waals surface area contributed by atoms with Crippen molar-refractivity contribution >= 4 is 91.8 Å². The first kappa shape index (κ1) is 91.6. The van der Waals surface area contributed by atoms with Gasteiger partial charge in [-0.2, -0.15) is 0 Å². The van der Waals surface area contributed by atoms with Gasteiger partial charge < -0.3 is 163 Å². The van der Waals surface area contributed by atoms with Gasteiger partial charge in [-0.3, -0.25) is 42.7 Å². The van der Waals surface area contributed by atoms with E-state index >= 15 is 19.2 Å². The maximum absolute atomic E-state index is 16.2. The van der Waals surface area contributed by atoms with Crippen LogP contribution < -0.4 is 68.2 Å². The quantitative estimate of drug-likeness (QED) is 0.0182. The maximum atomic E-state index is 16.2. The summed E-state index contributed by atoms with van der Waals surface area (Å²) in [7, 11) is -10.4. The minimum atomic E-state index is -5.91. The average Bonchev–Trinajstić information content (AvgIpc) is 0.763. The number of benzene rings is 5. The molecule has 2 fully saturated rings. The molecule has 12 rings (SSSR count). The molecule has 119 heavy (non-hydrogen) atoms. The molecule has 2 saturated heterocycles. The van der Waals surface area contributed by atoms with E-state index < -0.39 is 312 Å². The SMILES string of the molecule is CNC(CC(C)C)C(=O)NC1C(=O)NC(CC(N)=O)C(=O)NC2C(=O)NC3C(=O)NC(C(=O)N[C@@H](C(=O)OCOC(=O)NCCCC(O)(P(=O)(O)O)P(=O)(O)O)c4cc(O)cc(O)c4-c4cc3ccc4O)[C@H](O)c3ccc(c(Cl)c3)Oc3cc2cc(c3OC2OC(CO)C(O)C(O)C2OC2CC(C)(N)C(O)C(C)O2)Oc2ccc(cc2Cl)[C@@H]1O. The lowest BCUT2D eigenvalue weighted by molar-refractivity contribution is -0.333. The molecule has 8 amide bonds. The van der Waals surface area contributed by atoms with Crippen LogP contribution >= 0.6 is 38.4 Å². The van der Waals surface area contributed by atoms with Crippen molar-refractivity contribution in [3.63, 3.8) is 0 Å². The smallest absolute Gasteiger partial charge is 0.410 e. The van der Waals surface area contributed by atoms with Crippen LogP contribution in [0.15, 0.2) is 78.9 Å². The first-order valence-electron chi connectivity index (χ1n) is 36.4. The zero-order valence-electron chi connectivity index (χ0n) is 63.4. The molecule has 5 aromatic rings. The zero-order chi connectivity index (χ0) is 87.6. The molecule has 11 bridgehead atoms. The van der Waals surface area contributed by atoms with Crippen LogP contribution in [-0.2, 0) is 71.2 Å². The van der Waals surface area contributed by atoms with Gasteiger partial charge in [-0.1, -0.05) is 55.2 Å². The molecule has 0 aromatic heterocycles. The number of rotatable bonds is 21. The maximum Gasteiger partial charge on any atom is 0.410 e. The first-order valence-corrected chi connectivity index (χ1v) is 40.4. The minimum Gasteiger partial charge on any atom is -0.508 e. The Kier molecular flexibility index (Phi) is 28.6. The first-order chi connectivity index (χ1) is 55.7. The van der Waals surface area contributed by atoms with Gasteiger partial charge in [-0.05, 0) is 117 Å². The molecule has 26 N–H and O–H groups in total. The number of aliphatic hydroxyl groups excluding tert-OH is 6. The lowest BCUT2D eigenvalue weighted by Gasteiger charge is -2.47. The van der Waals surface area contributed by atoms with E-state index in [2.05, 4.69) is 37.2 Å². The second kappa shape index (κ2) is 37.1. The number of aliphatic hydroxyl groups is 7. The Hall–Kier alpha value is -9.67. The number of likely N-dealkylation sites (N-methyl/N-ethyl adjacent to an activating group) is 1. The normalized spacial score (nSPS) is 27.1. The molecule has 648 valence electrons. The number of carbonyl (C=O) groups excluding carboxylic acids is 9. The highest BCUT2D eigenvalue weighted by Gasteiger charge is 2.59. The molecule has 0 aliphatic carbocycles. The van der Waals surface area contributed by atoms with E-state index in [1.54, 1.807) is 13.8 Å². The van der Waals surface area contributed by atoms with Crippen molar-refractivity contribution in [3.8, 4) is 57.1 Å². The monoisotopic (exact) mass is 1750 g/mol. The van der Waals surface area contributed by atoms with Crippen molar-refractivity contribution in [1.82, 2.24) is 42.5 Å². The Morgan fingerprint density at radius 1 is 0.714 bits per heavy atom. The van der Waals surface area contributed by atoms with E-state index in [0.717, 1.165) is 66.7 Å². The van der Waals surface area contributed by atoms with Crippen LogP contribution in [0.1, 0.15) is 118 Å². The Morgan fingerprint density at radius 2 is 1.31 bits per heavy atom. The number of amides is 8. The Balaban J connectivity index is 1.16. The van der Waals surface area contributed by atoms with Crippen molar-refractivity contribution in [1.29, 1.82) is 0 Å². The van der Waals surface area contributed by atoms with Gasteiger partial charge in [-0.25, -0.2) is 9.59 Å². The van der Waals surface area contributed by atoms with Gasteiger partial charge >= 0.3 is 27.3 Å². The van der Waals surface area contributed by atoms with Crippen molar-refractivity contribution in [2.45, 2.75) is 174 Å². The van der Waals surface area contributed by atoms with Crippen LogP contribution in [0.25, 0.3) is 11.1 Å². The second-order valence-corrected chi connectivity index (χ2v) is 34.1. The number of aromatic hydroxyl groups is 3. The fourth-order valence-electron chi connectivity index (χ4n) is 13.7. The number of phenols is 3. The summed E-state index contributed by atoms with van der Waals surface area (Å²) in [6.45, 7) is 3.38. The van der Waals surface area contributed by atoms with Gasteiger partial charge in [0.05, 0.1) is 41.3 Å². The van der Waals surface area contributed by atoms with Gasteiger partial charge in [0.1, 0.15) is 89.5 Å². The Labute approximate surface area is 684 Å². The van der Waals surface area contributed by atoms with Crippen molar-refractivity contribution in [2.24, 2.45) is 17.4 Å². The fraction of sp³-hybridized carbons (Fsp3) is 0.458. The van der Waals surface area contributed by atoms with Gasteiger partial charge in [0.15, 0.2) is 29.9 Å². The minimum absolute atomic E-state index is 0.138. The van der Waals surface area contributed by atoms with E-state index in [1.165, 1.54) is 27.0 Å². The number of halogens is 2. The number of fused-ring (bicyclic) bond motifs is 15. The summed E-state index contributed by atoms with van der Waals surface area (Å²) in [5, 5.41) is 130. The molecule has 7 heterocycles. The number of nitrogens with one attached hydrogen (secondary N) is 8. The average molecular weight is 1750 g/mol. The predicted octanol–water partition coefficient (Wildman–Crippen LogP) is -0.970. The lowest BCUT2D eigenvalue weighted by atomic mass is 9.86. The molecule has 5 aromatic carbocycles. The summed E-state index contributed by atoms with van der Waals surface area (Å²) < 4.78 is 72.2. The number of alkyl carbamates (subject to hydrolysis) is 1. The highest BCUT2D eigenvalue weighted by atomic mass is 35.5. The standard InChI is InChI=1S/C72H88Cl2N10O33P2/c1-27(2)15-38(77-5)62(95)83-53-55(90)30-8-11-42(36(73)17-30)113-44-19-32-20-45(59(44)117-69-60(58(93)57(92)46(25-85)115-69)116-48-24-71(4,76)61(94)28(3)112-48)114-43-12-9-31(18-37(43)74)56(91)54-67(100)82-52(68(101)110-26-111-70(102)78-14-6-13-72(103,118(104,105)106)119(107,108)109)35-21-33(86)22-41(88)49(35)34-16-29(7-10-40(34)87)50(64(97)84-54)81-65(98)51(32)80-63(96)39(23-47(75)89)79-66(53)99/h7-12,16-22,27-28,38-39,46,48,50-58,60-61,69,77,85-88,90-94,103H,6,13-15,23-26,76H2,1-5H3,(H2,75,89)(H,78,102)(H,79,99)(H,80,96)(H,81,98)(H,82,100)(H,83,95)(H,84,97)(H2,104,105,106)(H2,107,108,109)/t28?,38?,39?,46?,48?,50?,51?,52-,53?,54?,55+,56-,57?,58?,60?,61?,69?,71?/m1/s1. The number of hydrogen-bond acceptors (Lipinski definition) is 31. The molecular formula is C72H88Cl2N10O33P2. The summed E-state index contributed by atoms with van der Waals surface area (Å²) in [6.07, 6.45) is -22.8. The molecule has 43 nitrogen and oxygen atoms in total. The molecule has 7 aliphatic rings. The van der Waals surface area contributed by atoms with Crippen LogP contribution in [0.4, 0.5) is 4.79 Å². The third-order valence-electron chi connectivity index (χ3n) is 20.0. The lowest BCUT2D eigenvalue weighted by Crippen LogP contribution is -2.64. The van der Waals surface area contributed by atoms with Crippen molar-refractivity contribution < 1.29 is 161 Å². The van der Waals surface area contributed by atoms with Gasteiger partial charge in [0.25, 0.3) is 5.08 Å². The topological polar surface area (TPSA) is 693 Å². The number of ether oxygens (including phenoxy) is 8. The van der Waals surface area contributed by atoms with Gasteiger partial charge in [0.2, 0.25) is 60.2 Å². The largest absolute Gasteiger partial charge is 0.508 e. The van der Waals surface area contributed by atoms with Gasteiger partial charge in [0, 0.05) is 47.7 Å². The van der Waals surface area contributed by atoms with Gasteiger partial charge in [-0.15, -0.1) is 0 Å². The molecule has 0 radical (unpaired) electrons. The molecule has 15 unspecified atom stereocenters. The fourth-order valence-corrected chi connectivity index (χ4v) is 16.4. The van der Waals surface area contributed by atoms with Crippen LogP contribution in [0.2, 0.25) is 10.0 Å². The van der Waals surface area contributed by atoms with E-state index in [4.69, 9.17) is 72.6 Å². The van der Waals surface area contributed by atoms with Crippen LogP contribution in [0, 0.1) is 5.92 Å². The van der Waals surface area contributed by atoms with Crippen LogP contribution in [0.5, 0.6) is 46.0 Å². The van der Waals surface area contributed by atoms with Crippen LogP contribution in [0.3, 0.4) is 0 Å². The summed E-state index contributed by atoms with van der Waals surface area (Å²) in [6, 6.07) is -2.26. The second-order valence-electron chi connectivity index (χ2n) is 29.3. The molecular weight excluding hydrogens is 1670 g/mol. The number of carbonyl (C=O) groups is 9. The molecule has 7 aliphatic heterocycles. The van der Waals surface area contributed by atoms with Crippen molar-refractivity contribution in [2.75, 3.05) is 27.0 Å².